The third-order valence-corrected chi connectivity index (χ3v) is 0.863. The van der Waals surface area contributed by atoms with Gasteiger partial charge in [0.05, 0.1) is 0 Å². The minimum absolute atomic E-state index is 0.288. The first-order valence-electron chi connectivity index (χ1n) is 2.54. The number of aromatic amines is 1. The van der Waals surface area contributed by atoms with Crippen molar-refractivity contribution in [2.45, 2.75) is 0 Å². The maximum atomic E-state index is 10.4. The average Bonchev–Trinajstić information content (AvgIpc) is 1.95. The van der Waals surface area contributed by atoms with E-state index in [1.807, 2.05) is 0 Å². The van der Waals surface area contributed by atoms with Crippen LogP contribution >= 0.6 is 0 Å². The van der Waals surface area contributed by atoms with Gasteiger partial charge in [-0.05, 0) is 6.07 Å². The van der Waals surface area contributed by atoms with Crippen molar-refractivity contribution in [3.8, 4) is 6.19 Å². The molecule has 0 fully saturated rings. The predicted molar refractivity (Wildman–Crippen MR) is 34.1 cm³/mol. The quantitative estimate of drug-likeness (QED) is 0.409. The SMILES string of the molecule is N#CNc1ccc(=O)[nH]n1. The van der Waals surface area contributed by atoms with E-state index in [4.69, 9.17) is 5.26 Å². The zero-order chi connectivity index (χ0) is 7.40. The van der Waals surface area contributed by atoms with Gasteiger partial charge in [0.1, 0.15) is 0 Å². The lowest BCUT2D eigenvalue weighted by Crippen LogP contribution is -2.06. The smallest absolute Gasteiger partial charge is 0.264 e. The van der Waals surface area contributed by atoms with Crippen LogP contribution in [0.25, 0.3) is 0 Å². The second kappa shape index (κ2) is 2.64. The summed E-state index contributed by atoms with van der Waals surface area (Å²) in [5.74, 6) is 0.335. The van der Waals surface area contributed by atoms with Crippen molar-refractivity contribution in [3.05, 3.63) is 22.5 Å². The van der Waals surface area contributed by atoms with Crippen molar-refractivity contribution in [3.63, 3.8) is 0 Å². The van der Waals surface area contributed by atoms with Crippen LogP contribution in [0.1, 0.15) is 0 Å². The van der Waals surface area contributed by atoms with E-state index in [2.05, 4.69) is 15.5 Å². The fourth-order valence-electron chi connectivity index (χ4n) is 0.471. The molecule has 0 radical (unpaired) electrons. The molecule has 0 aliphatic rings. The highest BCUT2D eigenvalue weighted by molar-refractivity contribution is 5.35. The van der Waals surface area contributed by atoms with Gasteiger partial charge < -0.3 is 0 Å². The number of rotatable bonds is 1. The van der Waals surface area contributed by atoms with Crippen LogP contribution in [0.5, 0.6) is 0 Å². The molecule has 0 atom stereocenters. The molecule has 0 amide bonds. The molecule has 1 rings (SSSR count). The zero-order valence-corrected chi connectivity index (χ0v) is 4.96. The number of anilines is 1. The average molecular weight is 136 g/mol. The number of nitrogens with zero attached hydrogens (tertiary/aromatic N) is 2. The summed E-state index contributed by atoms with van der Waals surface area (Å²) in [6.07, 6.45) is 1.67. The molecular weight excluding hydrogens is 132 g/mol. The van der Waals surface area contributed by atoms with Crippen LogP contribution in [0.15, 0.2) is 16.9 Å². The standard InChI is InChI=1S/C5H4N4O/c6-3-7-4-1-2-5(10)9-8-4/h1-2H,(H,7,8)(H,9,10). The maximum Gasteiger partial charge on any atom is 0.264 e. The van der Waals surface area contributed by atoms with Crippen LogP contribution in [-0.2, 0) is 0 Å². The van der Waals surface area contributed by atoms with Gasteiger partial charge in [-0.2, -0.15) is 10.4 Å². The molecule has 2 N–H and O–H groups in total. The van der Waals surface area contributed by atoms with Gasteiger partial charge in [-0.15, -0.1) is 0 Å². The van der Waals surface area contributed by atoms with Gasteiger partial charge in [0.25, 0.3) is 5.56 Å². The Bertz CT molecular complexity index is 290. The van der Waals surface area contributed by atoms with Crippen molar-refractivity contribution >= 4 is 5.82 Å². The fourth-order valence-corrected chi connectivity index (χ4v) is 0.471. The minimum Gasteiger partial charge on any atom is -0.275 e. The van der Waals surface area contributed by atoms with E-state index in [0.29, 0.717) is 5.82 Å². The molecular formula is C5H4N4O. The molecule has 0 saturated carbocycles. The molecule has 0 aliphatic carbocycles. The molecule has 10 heavy (non-hydrogen) atoms. The van der Waals surface area contributed by atoms with Crippen LogP contribution in [0, 0.1) is 11.5 Å². The van der Waals surface area contributed by atoms with Crippen LogP contribution in [0.4, 0.5) is 5.82 Å². The highest BCUT2D eigenvalue weighted by Crippen LogP contribution is 1.91. The molecule has 1 aromatic rings. The third-order valence-electron chi connectivity index (χ3n) is 0.863. The van der Waals surface area contributed by atoms with Gasteiger partial charge in [0.15, 0.2) is 12.0 Å². The van der Waals surface area contributed by atoms with Crippen molar-refractivity contribution in [2.24, 2.45) is 0 Å². The molecule has 5 nitrogen and oxygen atoms in total. The van der Waals surface area contributed by atoms with E-state index in [1.165, 1.54) is 12.1 Å². The van der Waals surface area contributed by atoms with Gasteiger partial charge in [-0.1, -0.05) is 0 Å². The number of hydrogen-bond acceptors (Lipinski definition) is 4. The van der Waals surface area contributed by atoms with Crippen molar-refractivity contribution in [2.75, 3.05) is 5.32 Å². The fraction of sp³-hybridized carbons (Fsp3) is 0. The van der Waals surface area contributed by atoms with Gasteiger partial charge in [-0.25, -0.2) is 5.10 Å². The number of aromatic nitrogens is 2. The normalized spacial score (nSPS) is 8.30. The summed E-state index contributed by atoms with van der Waals surface area (Å²) in [5, 5.41) is 16.0. The molecule has 1 aromatic heterocycles. The monoisotopic (exact) mass is 136 g/mol. The lowest BCUT2D eigenvalue weighted by Gasteiger charge is -1.90. The molecule has 0 saturated heterocycles. The lowest BCUT2D eigenvalue weighted by atomic mass is 10.5. The van der Waals surface area contributed by atoms with E-state index >= 15 is 0 Å². The summed E-state index contributed by atoms with van der Waals surface area (Å²) in [6.45, 7) is 0. The first-order valence-corrected chi connectivity index (χ1v) is 2.54. The lowest BCUT2D eigenvalue weighted by molar-refractivity contribution is 0.994. The second-order valence-electron chi connectivity index (χ2n) is 1.54. The third kappa shape index (κ3) is 1.32. The van der Waals surface area contributed by atoms with Gasteiger partial charge in [-0.3, -0.25) is 10.1 Å². The topological polar surface area (TPSA) is 81.6 Å². The van der Waals surface area contributed by atoms with Gasteiger partial charge in [0.2, 0.25) is 0 Å². The number of H-pyrrole nitrogens is 1. The number of hydrogen-bond donors (Lipinski definition) is 2. The Balaban J connectivity index is 2.92. The number of nitrogens with one attached hydrogen (secondary N) is 2. The number of nitriles is 1. The van der Waals surface area contributed by atoms with Crippen LogP contribution in [-0.4, -0.2) is 10.2 Å². The Morgan fingerprint density at radius 2 is 2.50 bits per heavy atom. The highest BCUT2D eigenvalue weighted by Gasteiger charge is 1.88. The molecule has 0 aliphatic heterocycles. The van der Waals surface area contributed by atoms with Crippen LogP contribution in [0.2, 0.25) is 0 Å². The van der Waals surface area contributed by atoms with Crippen molar-refractivity contribution < 1.29 is 0 Å². The van der Waals surface area contributed by atoms with E-state index in [0.717, 1.165) is 0 Å². The molecule has 1 heterocycles. The summed E-state index contributed by atoms with van der Waals surface area (Å²) in [7, 11) is 0. The van der Waals surface area contributed by atoms with Crippen LogP contribution < -0.4 is 10.9 Å². The highest BCUT2D eigenvalue weighted by atomic mass is 16.1. The maximum absolute atomic E-state index is 10.4. The molecule has 5 heteroatoms. The molecule has 50 valence electrons. The first-order chi connectivity index (χ1) is 4.83. The second-order valence-corrected chi connectivity index (χ2v) is 1.54. The summed E-state index contributed by atoms with van der Waals surface area (Å²) in [4.78, 5) is 10.4. The van der Waals surface area contributed by atoms with Gasteiger partial charge >= 0.3 is 0 Å². The summed E-state index contributed by atoms with van der Waals surface area (Å²) >= 11 is 0. The van der Waals surface area contributed by atoms with E-state index in [9.17, 15) is 4.79 Å². The van der Waals surface area contributed by atoms with Gasteiger partial charge in [0, 0.05) is 6.07 Å². The summed E-state index contributed by atoms with van der Waals surface area (Å²) in [5.41, 5.74) is -0.288. The first kappa shape index (κ1) is 6.29. The van der Waals surface area contributed by atoms with Crippen LogP contribution in [0.3, 0.4) is 0 Å². The molecule has 0 bridgehead atoms. The molecule has 0 aromatic carbocycles. The van der Waals surface area contributed by atoms with Crippen molar-refractivity contribution in [1.29, 1.82) is 5.26 Å². The Kier molecular flexibility index (Phi) is 1.66. The minimum atomic E-state index is -0.288. The predicted octanol–water partition coefficient (Wildman–Crippen LogP) is -0.337. The Morgan fingerprint density at radius 1 is 1.70 bits per heavy atom. The molecule has 0 spiro atoms. The molecule has 0 unspecified atom stereocenters. The Morgan fingerprint density at radius 3 is 3.00 bits per heavy atom. The Labute approximate surface area is 56.3 Å². The summed E-state index contributed by atoms with van der Waals surface area (Å²) in [6, 6.07) is 2.70. The van der Waals surface area contributed by atoms with E-state index in [-0.39, 0.29) is 5.56 Å². The summed E-state index contributed by atoms with van der Waals surface area (Å²) < 4.78 is 0. The van der Waals surface area contributed by atoms with E-state index < -0.39 is 0 Å². The zero-order valence-electron chi connectivity index (χ0n) is 4.96. The van der Waals surface area contributed by atoms with Crippen molar-refractivity contribution in [1.82, 2.24) is 10.2 Å². The Hall–Kier alpha value is -1.83. The van der Waals surface area contributed by atoms with E-state index in [1.54, 1.807) is 6.19 Å². The largest absolute Gasteiger partial charge is 0.275 e.